The smallest absolute Gasteiger partial charge is 0.230 e. The number of rotatable bonds is 7. The molecule has 1 aliphatic rings. The van der Waals surface area contributed by atoms with Gasteiger partial charge in [-0.15, -0.1) is 10.2 Å². The molecule has 31 heavy (non-hydrogen) atoms. The van der Waals surface area contributed by atoms with Crippen LogP contribution < -0.4 is 10.1 Å². The number of aromatic nitrogens is 3. The van der Waals surface area contributed by atoms with Crippen LogP contribution in [0.4, 0.5) is 0 Å². The van der Waals surface area contributed by atoms with Crippen LogP contribution in [-0.2, 0) is 24.7 Å². The zero-order valence-electron chi connectivity index (χ0n) is 18.2. The number of ether oxygens (including phenoxy) is 1. The molecule has 7 heteroatoms. The first-order valence-electron chi connectivity index (χ1n) is 10.6. The molecule has 1 amide bonds. The van der Waals surface area contributed by atoms with Crippen molar-refractivity contribution in [2.75, 3.05) is 12.9 Å². The highest BCUT2D eigenvalue weighted by molar-refractivity contribution is 7.99. The van der Waals surface area contributed by atoms with Gasteiger partial charge in [-0.2, -0.15) is 0 Å². The van der Waals surface area contributed by atoms with E-state index >= 15 is 0 Å². The lowest BCUT2D eigenvalue weighted by Crippen LogP contribution is -2.28. The number of thioether (sulfide) groups is 1. The van der Waals surface area contributed by atoms with Crippen molar-refractivity contribution in [3.8, 4) is 17.1 Å². The molecule has 0 fully saturated rings. The number of hydrogen-bond acceptors (Lipinski definition) is 5. The molecule has 0 spiro atoms. The average molecular weight is 437 g/mol. The number of carbonyl (C=O) groups excluding carboxylic acids is 1. The minimum absolute atomic E-state index is 0.0128. The van der Waals surface area contributed by atoms with E-state index in [1.807, 2.05) is 42.8 Å². The lowest BCUT2D eigenvalue weighted by molar-refractivity contribution is -0.119. The third-order valence-electron chi connectivity index (χ3n) is 5.75. The van der Waals surface area contributed by atoms with Gasteiger partial charge >= 0.3 is 0 Å². The van der Waals surface area contributed by atoms with Gasteiger partial charge in [-0.25, -0.2) is 0 Å². The summed E-state index contributed by atoms with van der Waals surface area (Å²) >= 11 is 1.39. The fraction of sp³-hybridized carbons (Fsp3) is 0.375. The molecule has 1 unspecified atom stereocenters. The van der Waals surface area contributed by atoms with Gasteiger partial charge in [-0.1, -0.05) is 42.1 Å². The fourth-order valence-corrected chi connectivity index (χ4v) is 4.70. The van der Waals surface area contributed by atoms with E-state index in [1.165, 1.54) is 42.2 Å². The predicted octanol–water partition coefficient (Wildman–Crippen LogP) is 4.34. The maximum Gasteiger partial charge on any atom is 0.230 e. The molecule has 1 atom stereocenters. The van der Waals surface area contributed by atoms with Gasteiger partial charge in [-0.05, 0) is 61.4 Å². The summed E-state index contributed by atoms with van der Waals surface area (Å²) in [5.74, 6) is 1.79. The monoisotopic (exact) mass is 436 g/mol. The highest BCUT2D eigenvalue weighted by Crippen LogP contribution is 2.27. The molecule has 0 saturated carbocycles. The number of nitrogens with one attached hydrogen (secondary N) is 1. The van der Waals surface area contributed by atoms with Crippen LogP contribution in [0, 0.1) is 0 Å². The number of nitrogens with zero attached hydrogens (tertiary/aromatic N) is 3. The number of aryl methyl sites for hydroxylation is 2. The summed E-state index contributed by atoms with van der Waals surface area (Å²) in [7, 11) is 3.55. The molecule has 0 bridgehead atoms. The lowest BCUT2D eigenvalue weighted by atomic mass is 9.89. The van der Waals surface area contributed by atoms with Crippen molar-refractivity contribution in [2.45, 2.75) is 43.8 Å². The summed E-state index contributed by atoms with van der Waals surface area (Å²) in [4.78, 5) is 12.6. The van der Waals surface area contributed by atoms with Gasteiger partial charge in [0.05, 0.1) is 18.9 Å². The number of benzene rings is 2. The molecule has 1 aliphatic carbocycles. The van der Waals surface area contributed by atoms with E-state index in [1.54, 1.807) is 7.11 Å². The first kappa shape index (κ1) is 21.4. The first-order chi connectivity index (χ1) is 15.0. The summed E-state index contributed by atoms with van der Waals surface area (Å²) in [6.07, 6.45) is 4.84. The van der Waals surface area contributed by atoms with Gasteiger partial charge in [0.25, 0.3) is 0 Å². The Morgan fingerprint density at radius 2 is 1.97 bits per heavy atom. The second-order valence-electron chi connectivity index (χ2n) is 7.91. The van der Waals surface area contributed by atoms with Crippen molar-refractivity contribution in [2.24, 2.45) is 7.05 Å². The molecule has 162 valence electrons. The van der Waals surface area contributed by atoms with E-state index in [4.69, 9.17) is 4.74 Å². The van der Waals surface area contributed by atoms with Crippen LogP contribution >= 0.6 is 11.8 Å². The van der Waals surface area contributed by atoms with Crippen LogP contribution in [0.2, 0.25) is 0 Å². The second-order valence-corrected chi connectivity index (χ2v) is 8.85. The molecule has 6 nitrogen and oxygen atoms in total. The van der Waals surface area contributed by atoms with Crippen LogP contribution in [0.25, 0.3) is 11.4 Å². The molecular weight excluding hydrogens is 408 g/mol. The SMILES string of the molecule is COc1cccc(-c2nnc(SCC(=O)NC(C)c3ccc4c(c3)CCCC4)n2C)c1. The third kappa shape index (κ3) is 4.93. The summed E-state index contributed by atoms with van der Waals surface area (Å²) in [6, 6.07) is 14.3. The Hall–Kier alpha value is -2.80. The Balaban J connectivity index is 1.36. The van der Waals surface area contributed by atoms with Crippen LogP contribution in [0.1, 0.15) is 42.5 Å². The summed E-state index contributed by atoms with van der Waals surface area (Å²) in [5, 5.41) is 12.4. The minimum atomic E-state index is -0.0211. The highest BCUT2D eigenvalue weighted by atomic mass is 32.2. The maximum atomic E-state index is 12.6. The Morgan fingerprint density at radius 3 is 2.77 bits per heavy atom. The number of amides is 1. The predicted molar refractivity (Wildman–Crippen MR) is 123 cm³/mol. The quantitative estimate of drug-likeness (QED) is 0.558. The largest absolute Gasteiger partial charge is 0.497 e. The number of methoxy groups -OCH3 is 1. The van der Waals surface area contributed by atoms with Gasteiger partial charge in [0.1, 0.15) is 5.75 Å². The topological polar surface area (TPSA) is 69.0 Å². The third-order valence-corrected chi connectivity index (χ3v) is 6.77. The van der Waals surface area contributed by atoms with Crippen molar-refractivity contribution >= 4 is 17.7 Å². The highest BCUT2D eigenvalue weighted by Gasteiger charge is 2.16. The molecule has 0 radical (unpaired) electrons. The number of fused-ring (bicyclic) bond motifs is 1. The summed E-state index contributed by atoms with van der Waals surface area (Å²) < 4.78 is 7.19. The van der Waals surface area contributed by atoms with Crippen LogP contribution in [0.5, 0.6) is 5.75 Å². The fourth-order valence-electron chi connectivity index (χ4n) is 3.97. The van der Waals surface area contributed by atoms with Crippen molar-refractivity contribution < 1.29 is 9.53 Å². The van der Waals surface area contributed by atoms with Gasteiger partial charge in [0.15, 0.2) is 11.0 Å². The van der Waals surface area contributed by atoms with Gasteiger partial charge in [0, 0.05) is 12.6 Å². The Morgan fingerprint density at radius 1 is 1.16 bits per heavy atom. The molecule has 2 aromatic carbocycles. The molecular formula is C24H28N4O2S. The van der Waals surface area contributed by atoms with Crippen LogP contribution in [0.3, 0.4) is 0 Å². The number of hydrogen-bond donors (Lipinski definition) is 1. The molecule has 0 saturated heterocycles. The van der Waals surface area contributed by atoms with Crippen LogP contribution in [0.15, 0.2) is 47.6 Å². The lowest BCUT2D eigenvalue weighted by Gasteiger charge is -2.20. The molecule has 1 heterocycles. The molecule has 1 N–H and O–H groups in total. The van der Waals surface area contributed by atoms with Crippen LogP contribution in [-0.4, -0.2) is 33.5 Å². The Labute approximate surface area is 187 Å². The average Bonchev–Trinajstić information content (AvgIpc) is 3.17. The van der Waals surface area contributed by atoms with Crippen molar-refractivity contribution in [1.82, 2.24) is 20.1 Å². The van der Waals surface area contributed by atoms with Gasteiger partial charge < -0.3 is 14.6 Å². The first-order valence-corrected chi connectivity index (χ1v) is 11.6. The standard InChI is InChI=1S/C24H28N4O2S/c1-16(18-12-11-17-7-4-5-8-19(17)13-18)25-22(29)15-31-24-27-26-23(28(24)2)20-9-6-10-21(14-20)30-3/h6,9-14,16H,4-5,7-8,15H2,1-3H3,(H,25,29). The summed E-state index contributed by atoms with van der Waals surface area (Å²) in [5.41, 5.74) is 4.98. The molecule has 0 aliphatic heterocycles. The Bertz CT molecular complexity index is 1080. The molecule has 4 rings (SSSR count). The van der Waals surface area contributed by atoms with Crippen molar-refractivity contribution in [1.29, 1.82) is 0 Å². The minimum Gasteiger partial charge on any atom is -0.497 e. The van der Waals surface area contributed by atoms with E-state index in [2.05, 4.69) is 33.7 Å². The zero-order chi connectivity index (χ0) is 21.8. The van der Waals surface area contributed by atoms with Crippen molar-refractivity contribution in [3.05, 3.63) is 59.2 Å². The Kier molecular flexibility index (Phi) is 6.61. The second kappa shape index (κ2) is 9.56. The van der Waals surface area contributed by atoms with E-state index in [0.29, 0.717) is 10.9 Å². The van der Waals surface area contributed by atoms with E-state index in [9.17, 15) is 4.79 Å². The molecule has 3 aromatic rings. The van der Waals surface area contributed by atoms with E-state index in [-0.39, 0.29) is 11.9 Å². The summed E-state index contributed by atoms with van der Waals surface area (Å²) in [6.45, 7) is 2.04. The number of carbonyl (C=O) groups is 1. The molecule has 1 aromatic heterocycles. The van der Waals surface area contributed by atoms with E-state index < -0.39 is 0 Å². The van der Waals surface area contributed by atoms with E-state index in [0.717, 1.165) is 29.1 Å². The van der Waals surface area contributed by atoms with Gasteiger partial charge in [0.2, 0.25) is 5.91 Å². The van der Waals surface area contributed by atoms with Crippen molar-refractivity contribution in [3.63, 3.8) is 0 Å². The maximum absolute atomic E-state index is 12.6. The van der Waals surface area contributed by atoms with Gasteiger partial charge in [-0.3, -0.25) is 4.79 Å². The zero-order valence-corrected chi connectivity index (χ0v) is 19.0. The normalized spacial score (nSPS) is 14.0.